The molecule has 0 unspecified atom stereocenters. The Morgan fingerprint density at radius 3 is 0.769 bits per heavy atom. The minimum absolute atomic E-state index is 0.168. The van der Waals surface area contributed by atoms with E-state index in [9.17, 15) is 4.79 Å². The zero-order chi connectivity index (χ0) is 28.3. The van der Waals surface area contributed by atoms with E-state index in [-0.39, 0.29) is 5.78 Å². The number of hydrogen-bond donors (Lipinski definition) is 0. The molecule has 0 spiro atoms. The van der Waals surface area contributed by atoms with Crippen LogP contribution < -0.4 is 0 Å². The molecule has 0 N–H and O–H groups in total. The quantitative estimate of drug-likeness (QED) is 0.0593. The van der Waals surface area contributed by atoms with Gasteiger partial charge in [0.05, 0.1) is 0 Å². The summed E-state index contributed by atoms with van der Waals surface area (Å²) in [5.41, 5.74) is 0. The first-order valence-corrected chi connectivity index (χ1v) is 18.2. The Balaban J connectivity index is 3.28. The summed E-state index contributed by atoms with van der Waals surface area (Å²) in [6, 6.07) is 0. The monoisotopic (exact) mass is 545 g/mol. The summed E-state index contributed by atoms with van der Waals surface area (Å²) in [5.74, 6) is 0.168. The zero-order valence-electron chi connectivity index (χ0n) is 27.1. The van der Waals surface area contributed by atoms with Crippen LogP contribution in [0, 0.1) is 0 Å². The lowest BCUT2D eigenvalue weighted by atomic mass is 10.0. The molecule has 0 atom stereocenters. The fourth-order valence-electron chi connectivity index (χ4n) is 5.54. The SMILES string of the molecule is CCCCCCCCCCCCCCCC=CC(=O)C=CCCCCCCCCCCCCCCCCCC. The summed E-state index contributed by atoms with van der Waals surface area (Å²) in [6.07, 6.45) is 50.4. The van der Waals surface area contributed by atoms with Gasteiger partial charge in [-0.05, 0) is 37.8 Å². The van der Waals surface area contributed by atoms with Crippen molar-refractivity contribution in [3.05, 3.63) is 24.3 Å². The molecule has 230 valence electrons. The van der Waals surface area contributed by atoms with Gasteiger partial charge in [-0.2, -0.15) is 0 Å². The van der Waals surface area contributed by atoms with Gasteiger partial charge in [-0.15, -0.1) is 0 Å². The van der Waals surface area contributed by atoms with Crippen molar-refractivity contribution in [2.45, 2.75) is 213 Å². The molecule has 0 aliphatic heterocycles. The minimum atomic E-state index is 0.168. The van der Waals surface area contributed by atoms with Gasteiger partial charge in [-0.25, -0.2) is 0 Å². The highest BCUT2D eigenvalue weighted by atomic mass is 16.1. The molecule has 0 aromatic carbocycles. The van der Waals surface area contributed by atoms with E-state index < -0.39 is 0 Å². The van der Waals surface area contributed by atoms with Gasteiger partial charge in [0.2, 0.25) is 0 Å². The van der Waals surface area contributed by atoms with E-state index in [2.05, 4.69) is 26.0 Å². The first kappa shape index (κ1) is 38.1. The lowest BCUT2D eigenvalue weighted by Crippen LogP contribution is -1.86. The Morgan fingerprint density at radius 1 is 0.333 bits per heavy atom. The van der Waals surface area contributed by atoms with Crippen molar-refractivity contribution in [3.63, 3.8) is 0 Å². The van der Waals surface area contributed by atoms with Crippen LogP contribution in [0.25, 0.3) is 0 Å². The number of rotatable bonds is 33. The molecular weight excluding hydrogens is 472 g/mol. The van der Waals surface area contributed by atoms with Crippen molar-refractivity contribution < 1.29 is 4.79 Å². The second-order valence-corrected chi connectivity index (χ2v) is 12.3. The Morgan fingerprint density at radius 2 is 0.538 bits per heavy atom. The molecule has 0 amide bonds. The molecule has 1 nitrogen and oxygen atoms in total. The summed E-state index contributed by atoms with van der Waals surface area (Å²) in [5, 5.41) is 0. The molecule has 39 heavy (non-hydrogen) atoms. The van der Waals surface area contributed by atoms with Crippen LogP contribution in [0.4, 0.5) is 0 Å². The van der Waals surface area contributed by atoms with Gasteiger partial charge in [0.25, 0.3) is 0 Å². The summed E-state index contributed by atoms with van der Waals surface area (Å²) < 4.78 is 0. The molecule has 1 heteroatoms. The normalized spacial score (nSPS) is 11.8. The molecule has 0 rings (SSSR count). The second-order valence-electron chi connectivity index (χ2n) is 12.3. The number of ketones is 1. The Kier molecular flexibility index (Phi) is 34.4. The highest BCUT2D eigenvalue weighted by Gasteiger charge is 1.96. The molecule has 0 heterocycles. The fraction of sp³-hybridized carbons (Fsp3) is 0.868. The van der Waals surface area contributed by atoms with Crippen LogP contribution in [0.2, 0.25) is 0 Å². The summed E-state index contributed by atoms with van der Waals surface area (Å²) in [7, 11) is 0. The van der Waals surface area contributed by atoms with Gasteiger partial charge in [0.15, 0.2) is 5.78 Å². The number of allylic oxidation sites excluding steroid dienone is 4. The highest BCUT2D eigenvalue weighted by Crippen LogP contribution is 2.15. The van der Waals surface area contributed by atoms with Crippen LogP contribution in [-0.2, 0) is 4.79 Å². The third-order valence-electron chi connectivity index (χ3n) is 8.26. The van der Waals surface area contributed by atoms with Crippen LogP contribution in [0.5, 0.6) is 0 Å². The van der Waals surface area contributed by atoms with Crippen LogP contribution in [0.3, 0.4) is 0 Å². The lowest BCUT2D eigenvalue weighted by molar-refractivity contribution is -0.110. The van der Waals surface area contributed by atoms with E-state index in [4.69, 9.17) is 0 Å². The standard InChI is InChI=1S/C38H72O/c1-3-5-7-9-11-13-15-17-19-20-21-23-25-27-29-31-33-35-37-38(39)36-34-32-30-28-26-24-22-18-16-14-12-10-8-6-4-2/h34-37H,3-33H2,1-2H3. The third kappa shape index (κ3) is 35.1. The van der Waals surface area contributed by atoms with Gasteiger partial charge in [-0.3, -0.25) is 4.79 Å². The van der Waals surface area contributed by atoms with Gasteiger partial charge in [0, 0.05) is 0 Å². The minimum Gasteiger partial charge on any atom is -0.290 e. The van der Waals surface area contributed by atoms with Gasteiger partial charge >= 0.3 is 0 Å². The van der Waals surface area contributed by atoms with Gasteiger partial charge in [-0.1, -0.05) is 199 Å². The van der Waals surface area contributed by atoms with E-state index in [0.717, 1.165) is 12.8 Å². The molecule has 0 fully saturated rings. The molecule has 0 aromatic rings. The smallest absolute Gasteiger partial charge is 0.177 e. The van der Waals surface area contributed by atoms with Crippen LogP contribution >= 0.6 is 0 Å². The van der Waals surface area contributed by atoms with E-state index in [0.29, 0.717) is 0 Å². The predicted octanol–water partition coefficient (Wildman–Crippen LogP) is 13.8. The molecule has 0 aliphatic carbocycles. The zero-order valence-corrected chi connectivity index (χ0v) is 27.1. The first-order valence-electron chi connectivity index (χ1n) is 18.2. The topological polar surface area (TPSA) is 17.1 Å². The van der Waals surface area contributed by atoms with Crippen molar-refractivity contribution >= 4 is 5.78 Å². The van der Waals surface area contributed by atoms with Gasteiger partial charge < -0.3 is 0 Å². The van der Waals surface area contributed by atoms with Crippen LogP contribution in [-0.4, -0.2) is 5.78 Å². The maximum absolute atomic E-state index is 12.0. The highest BCUT2D eigenvalue weighted by molar-refractivity contribution is 5.99. The lowest BCUT2D eigenvalue weighted by Gasteiger charge is -2.03. The average Bonchev–Trinajstić information content (AvgIpc) is 2.94. The van der Waals surface area contributed by atoms with E-state index in [1.165, 1.54) is 186 Å². The molecule has 0 saturated carbocycles. The number of hydrogen-bond acceptors (Lipinski definition) is 1. The van der Waals surface area contributed by atoms with Crippen molar-refractivity contribution in [2.75, 3.05) is 0 Å². The number of carbonyl (C=O) groups excluding carboxylic acids is 1. The van der Waals surface area contributed by atoms with Crippen molar-refractivity contribution in [2.24, 2.45) is 0 Å². The van der Waals surface area contributed by atoms with Crippen molar-refractivity contribution in [3.8, 4) is 0 Å². The molecule has 0 radical (unpaired) electrons. The summed E-state index contributed by atoms with van der Waals surface area (Å²) in [6.45, 7) is 4.58. The molecule has 0 saturated heterocycles. The summed E-state index contributed by atoms with van der Waals surface area (Å²) >= 11 is 0. The molecule has 0 bridgehead atoms. The Labute approximate surface area is 247 Å². The van der Waals surface area contributed by atoms with E-state index in [1.807, 2.05) is 0 Å². The maximum atomic E-state index is 12.0. The summed E-state index contributed by atoms with van der Waals surface area (Å²) in [4.78, 5) is 12.0. The molecule has 0 aliphatic rings. The first-order chi connectivity index (χ1) is 19.3. The maximum Gasteiger partial charge on any atom is 0.177 e. The van der Waals surface area contributed by atoms with Crippen molar-refractivity contribution in [1.82, 2.24) is 0 Å². The van der Waals surface area contributed by atoms with E-state index >= 15 is 0 Å². The largest absolute Gasteiger partial charge is 0.290 e. The van der Waals surface area contributed by atoms with E-state index in [1.54, 1.807) is 12.2 Å². The number of unbranched alkanes of at least 4 members (excludes halogenated alkanes) is 29. The molecular formula is C38H72O. The van der Waals surface area contributed by atoms with Crippen LogP contribution in [0.15, 0.2) is 24.3 Å². The van der Waals surface area contributed by atoms with Crippen LogP contribution in [0.1, 0.15) is 213 Å². The average molecular weight is 545 g/mol. The number of carbonyl (C=O) groups is 1. The van der Waals surface area contributed by atoms with Crippen molar-refractivity contribution in [1.29, 1.82) is 0 Å². The molecule has 0 aromatic heterocycles. The fourth-order valence-corrected chi connectivity index (χ4v) is 5.54. The third-order valence-corrected chi connectivity index (χ3v) is 8.26. The Hall–Kier alpha value is -0.850. The Bertz CT molecular complexity index is 517. The second kappa shape index (κ2) is 35.2. The van der Waals surface area contributed by atoms with Gasteiger partial charge in [0.1, 0.15) is 0 Å². The predicted molar refractivity (Wildman–Crippen MR) is 178 cm³/mol.